The van der Waals surface area contributed by atoms with Crippen LogP contribution < -0.4 is 5.32 Å². The lowest BCUT2D eigenvalue weighted by Crippen LogP contribution is -2.47. The van der Waals surface area contributed by atoms with Crippen molar-refractivity contribution in [3.63, 3.8) is 0 Å². The van der Waals surface area contributed by atoms with Crippen LogP contribution in [-0.2, 0) is 0 Å². The van der Waals surface area contributed by atoms with E-state index in [0.717, 1.165) is 6.54 Å². The van der Waals surface area contributed by atoms with E-state index in [-0.39, 0.29) is 12.1 Å². The van der Waals surface area contributed by atoms with Crippen LogP contribution in [0.5, 0.6) is 0 Å². The maximum absolute atomic E-state index is 8.53. The molecule has 0 spiro atoms. The lowest BCUT2D eigenvalue weighted by Gasteiger charge is -2.32. The first-order chi connectivity index (χ1) is 5.00. The lowest BCUT2D eigenvalue weighted by atomic mass is 10.0. The van der Waals surface area contributed by atoms with Crippen LogP contribution in [0.3, 0.4) is 0 Å². The summed E-state index contributed by atoms with van der Waals surface area (Å²) in [4.78, 5) is 2.16. The van der Waals surface area contributed by atoms with Gasteiger partial charge in [-0.25, -0.2) is 0 Å². The second-order valence-corrected chi connectivity index (χ2v) is 3.61. The minimum atomic E-state index is 0.162. The Hall–Kier alpha value is -0.120. The number of hydrogen-bond donors (Lipinski definition) is 2. The van der Waals surface area contributed by atoms with Crippen molar-refractivity contribution in [2.24, 2.45) is 0 Å². The largest absolute Gasteiger partial charge is 0.395 e. The van der Waals surface area contributed by atoms with Crippen LogP contribution in [0, 0.1) is 0 Å². The lowest BCUT2D eigenvalue weighted by molar-refractivity contribution is 0.185. The van der Waals surface area contributed by atoms with Crippen LogP contribution in [0.15, 0.2) is 0 Å². The molecule has 0 fully saturated rings. The van der Waals surface area contributed by atoms with Gasteiger partial charge in [-0.3, -0.25) is 0 Å². The van der Waals surface area contributed by atoms with Gasteiger partial charge >= 0.3 is 0 Å². The van der Waals surface area contributed by atoms with Gasteiger partial charge in [0.05, 0.1) is 6.61 Å². The maximum atomic E-state index is 8.53. The number of aliphatic hydroxyl groups is 1. The normalized spacial score (nSPS) is 12.5. The molecule has 0 aliphatic carbocycles. The Bertz CT molecular complexity index is 102. The van der Waals surface area contributed by atoms with Crippen LogP contribution in [0.1, 0.15) is 13.8 Å². The van der Waals surface area contributed by atoms with Crippen molar-refractivity contribution in [1.82, 2.24) is 10.2 Å². The average molecular weight is 160 g/mol. The number of likely N-dealkylation sites (N-methyl/N-ethyl adjacent to an activating group) is 1. The van der Waals surface area contributed by atoms with E-state index in [9.17, 15) is 0 Å². The Morgan fingerprint density at radius 2 is 1.91 bits per heavy atom. The third-order valence-electron chi connectivity index (χ3n) is 2.06. The van der Waals surface area contributed by atoms with Crippen LogP contribution >= 0.6 is 0 Å². The molecule has 68 valence electrons. The SMILES string of the molecule is CN(C)C(C)(C)CNCCO. The van der Waals surface area contributed by atoms with Crippen molar-refractivity contribution < 1.29 is 5.11 Å². The van der Waals surface area contributed by atoms with E-state index < -0.39 is 0 Å². The zero-order chi connectivity index (χ0) is 8.91. The Labute approximate surface area is 69.4 Å². The molecule has 3 heteroatoms. The number of nitrogens with one attached hydrogen (secondary N) is 1. The molecular formula is C8H20N2O. The van der Waals surface area contributed by atoms with Crippen molar-refractivity contribution >= 4 is 0 Å². The Balaban J connectivity index is 3.55. The summed E-state index contributed by atoms with van der Waals surface area (Å²) in [5.74, 6) is 0. The van der Waals surface area contributed by atoms with Crippen molar-refractivity contribution in [2.45, 2.75) is 19.4 Å². The fourth-order valence-corrected chi connectivity index (χ4v) is 0.631. The fourth-order valence-electron chi connectivity index (χ4n) is 0.631. The van der Waals surface area contributed by atoms with Gasteiger partial charge in [-0.1, -0.05) is 0 Å². The van der Waals surface area contributed by atoms with Gasteiger partial charge in [0.2, 0.25) is 0 Å². The Kier molecular flexibility index (Phi) is 4.65. The van der Waals surface area contributed by atoms with Crippen LogP contribution in [0.4, 0.5) is 0 Å². The second-order valence-electron chi connectivity index (χ2n) is 3.61. The third-order valence-corrected chi connectivity index (χ3v) is 2.06. The molecular weight excluding hydrogens is 140 g/mol. The van der Waals surface area contributed by atoms with Gasteiger partial charge in [0.1, 0.15) is 0 Å². The maximum Gasteiger partial charge on any atom is 0.0555 e. The first-order valence-corrected chi connectivity index (χ1v) is 3.99. The van der Waals surface area contributed by atoms with E-state index in [1.54, 1.807) is 0 Å². The minimum Gasteiger partial charge on any atom is -0.395 e. The highest BCUT2D eigenvalue weighted by Crippen LogP contribution is 2.06. The summed E-state index contributed by atoms with van der Waals surface area (Å²) in [6, 6.07) is 0. The predicted octanol–water partition coefficient (Wildman–Crippen LogP) is -0.0915. The molecule has 0 radical (unpaired) electrons. The van der Waals surface area contributed by atoms with E-state index in [0.29, 0.717) is 6.54 Å². The molecule has 11 heavy (non-hydrogen) atoms. The number of rotatable bonds is 5. The van der Waals surface area contributed by atoms with E-state index >= 15 is 0 Å². The highest BCUT2D eigenvalue weighted by atomic mass is 16.3. The summed E-state index contributed by atoms with van der Waals surface area (Å²) in [7, 11) is 4.11. The molecule has 3 nitrogen and oxygen atoms in total. The zero-order valence-electron chi connectivity index (χ0n) is 8.02. The zero-order valence-corrected chi connectivity index (χ0v) is 8.02. The van der Waals surface area contributed by atoms with Gasteiger partial charge in [-0.15, -0.1) is 0 Å². The first kappa shape index (κ1) is 10.9. The molecule has 0 heterocycles. The van der Waals surface area contributed by atoms with Gasteiger partial charge in [-0.2, -0.15) is 0 Å². The second kappa shape index (κ2) is 4.70. The quantitative estimate of drug-likeness (QED) is 0.552. The van der Waals surface area contributed by atoms with Crippen molar-refractivity contribution in [2.75, 3.05) is 33.8 Å². The molecule has 0 unspecified atom stereocenters. The fraction of sp³-hybridized carbons (Fsp3) is 1.00. The topological polar surface area (TPSA) is 35.5 Å². The summed E-state index contributed by atoms with van der Waals surface area (Å²) in [6.07, 6.45) is 0. The monoisotopic (exact) mass is 160 g/mol. The molecule has 0 aromatic heterocycles. The van der Waals surface area contributed by atoms with Crippen molar-refractivity contribution in [3.05, 3.63) is 0 Å². The average Bonchev–Trinajstić information content (AvgIpc) is 1.88. The van der Waals surface area contributed by atoms with Crippen LogP contribution in [0.25, 0.3) is 0 Å². The molecule has 0 aromatic carbocycles. The van der Waals surface area contributed by atoms with E-state index in [1.807, 2.05) is 0 Å². The van der Waals surface area contributed by atoms with E-state index in [2.05, 4.69) is 38.2 Å². The Morgan fingerprint density at radius 1 is 1.36 bits per heavy atom. The molecule has 0 aliphatic heterocycles. The van der Waals surface area contributed by atoms with Crippen LogP contribution in [-0.4, -0.2) is 49.3 Å². The summed E-state index contributed by atoms with van der Waals surface area (Å²) in [6.45, 7) is 6.12. The molecule has 2 N–H and O–H groups in total. The first-order valence-electron chi connectivity index (χ1n) is 3.99. The third kappa shape index (κ3) is 4.35. The molecule has 0 rings (SSSR count). The van der Waals surface area contributed by atoms with Gasteiger partial charge in [0.15, 0.2) is 0 Å². The van der Waals surface area contributed by atoms with Crippen molar-refractivity contribution in [1.29, 1.82) is 0 Å². The molecule has 0 atom stereocenters. The number of hydrogen-bond acceptors (Lipinski definition) is 3. The summed E-state index contributed by atoms with van der Waals surface area (Å²) in [5, 5.41) is 11.7. The van der Waals surface area contributed by atoms with Gasteiger partial charge in [0, 0.05) is 18.6 Å². The van der Waals surface area contributed by atoms with Gasteiger partial charge in [0.25, 0.3) is 0 Å². The van der Waals surface area contributed by atoms with Crippen LogP contribution in [0.2, 0.25) is 0 Å². The summed E-state index contributed by atoms with van der Waals surface area (Å²) in [5.41, 5.74) is 0.162. The van der Waals surface area contributed by atoms with Gasteiger partial charge in [-0.05, 0) is 27.9 Å². The smallest absolute Gasteiger partial charge is 0.0555 e. The highest BCUT2D eigenvalue weighted by Gasteiger charge is 2.18. The molecule has 0 saturated carbocycles. The van der Waals surface area contributed by atoms with E-state index in [1.165, 1.54) is 0 Å². The minimum absolute atomic E-state index is 0.162. The molecule has 0 amide bonds. The Morgan fingerprint density at radius 3 is 2.27 bits per heavy atom. The highest BCUT2D eigenvalue weighted by molar-refractivity contribution is 4.79. The number of nitrogens with zero attached hydrogens (tertiary/aromatic N) is 1. The molecule has 0 saturated heterocycles. The standard InChI is InChI=1S/C8H20N2O/c1-8(2,10(3)4)7-9-5-6-11/h9,11H,5-7H2,1-4H3. The number of aliphatic hydroxyl groups excluding tert-OH is 1. The summed E-state index contributed by atoms with van der Waals surface area (Å²) >= 11 is 0. The molecule has 0 aliphatic rings. The van der Waals surface area contributed by atoms with Crippen molar-refractivity contribution in [3.8, 4) is 0 Å². The van der Waals surface area contributed by atoms with E-state index in [4.69, 9.17) is 5.11 Å². The molecule has 0 bridgehead atoms. The summed E-state index contributed by atoms with van der Waals surface area (Å²) < 4.78 is 0. The van der Waals surface area contributed by atoms with Gasteiger partial charge < -0.3 is 15.3 Å². The predicted molar refractivity (Wildman–Crippen MR) is 47.7 cm³/mol. The molecule has 0 aromatic rings.